The number of anilines is 2. The Labute approximate surface area is 117 Å². The Morgan fingerprint density at radius 2 is 2.10 bits per heavy atom. The predicted molar refractivity (Wildman–Crippen MR) is 78.6 cm³/mol. The lowest BCUT2D eigenvalue weighted by Crippen LogP contribution is -2.32. The largest absolute Gasteiger partial charge is 0.392 e. The summed E-state index contributed by atoms with van der Waals surface area (Å²) in [7, 11) is 0. The maximum atomic E-state index is 12.2. The van der Waals surface area contributed by atoms with E-state index in [1.165, 1.54) is 0 Å². The molecule has 0 fully saturated rings. The molecule has 4 heteroatoms. The van der Waals surface area contributed by atoms with Crippen LogP contribution >= 0.6 is 0 Å². The summed E-state index contributed by atoms with van der Waals surface area (Å²) in [4.78, 5) is 12.2. The number of hydrogen-bond donors (Lipinski definition) is 3. The Morgan fingerprint density at radius 1 is 1.25 bits per heavy atom. The van der Waals surface area contributed by atoms with Gasteiger partial charge in [0.1, 0.15) is 6.04 Å². The molecule has 0 unspecified atom stereocenters. The molecule has 3 rings (SSSR count). The van der Waals surface area contributed by atoms with Crippen molar-refractivity contribution in [2.75, 3.05) is 10.6 Å². The summed E-state index contributed by atoms with van der Waals surface area (Å²) in [6.07, 6.45) is 0.696. The molecule has 1 amide bonds. The fraction of sp³-hybridized carbons (Fsp3) is 0.188. The predicted octanol–water partition coefficient (Wildman–Crippen LogP) is 2.15. The van der Waals surface area contributed by atoms with Gasteiger partial charge in [0, 0.05) is 17.8 Å². The van der Waals surface area contributed by atoms with Crippen molar-refractivity contribution in [1.29, 1.82) is 0 Å². The fourth-order valence-corrected chi connectivity index (χ4v) is 2.43. The van der Waals surface area contributed by atoms with Gasteiger partial charge in [-0.05, 0) is 29.3 Å². The highest BCUT2D eigenvalue weighted by molar-refractivity contribution is 5.98. The van der Waals surface area contributed by atoms with Gasteiger partial charge < -0.3 is 15.7 Å². The van der Waals surface area contributed by atoms with E-state index in [4.69, 9.17) is 5.11 Å². The van der Waals surface area contributed by atoms with Crippen LogP contribution in [0.3, 0.4) is 0 Å². The highest BCUT2D eigenvalue weighted by atomic mass is 16.3. The van der Waals surface area contributed by atoms with Crippen molar-refractivity contribution >= 4 is 17.3 Å². The van der Waals surface area contributed by atoms with Crippen LogP contribution in [0.4, 0.5) is 11.4 Å². The Kier molecular flexibility index (Phi) is 3.39. The Morgan fingerprint density at radius 3 is 2.90 bits per heavy atom. The second kappa shape index (κ2) is 5.35. The van der Waals surface area contributed by atoms with E-state index >= 15 is 0 Å². The van der Waals surface area contributed by atoms with Gasteiger partial charge in [0.05, 0.1) is 6.61 Å². The SMILES string of the molecule is O=C(Nc1cccc(CO)c1)[C@@H]1Cc2ccccc2N1. The zero-order chi connectivity index (χ0) is 13.9. The molecule has 102 valence electrons. The van der Waals surface area contributed by atoms with E-state index in [9.17, 15) is 4.79 Å². The molecule has 2 aromatic rings. The molecule has 0 saturated heterocycles. The first kappa shape index (κ1) is 12.7. The highest BCUT2D eigenvalue weighted by Crippen LogP contribution is 2.25. The van der Waals surface area contributed by atoms with Crippen LogP contribution in [-0.4, -0.2) is 17.1 Å². The number of hydrogen-bond acceptors (Lipinski definition) is 3. The maximum Gasteiger partial charge on any atom is 0.247 e. The zero-order valence-electron chi connectivity index (χ0n) is 11.0. The van der Waals surface area contributed by atoms with Gasteiger partial charge in [-0.1, -0.05) is 30.3 Å². The summed E-state index contributed by atoms with van der Waals surface area (Å²) in [5.74, 6) is -0.0590. The van der Waals surface area contributed by atoms with Gasteiger partial charge in [0.25, 0.3) is 0 Å². The minimum absolute atomic E-state index is 0.0309. The lowest BCUT2D eigenvalue weighted by molar-refractivity contribution is -0.116. The van der Waals surface area contributed by atoms with Crippen LogP contribution < -0.4 is 10.6 Å². The van der Waals surface area contributed by atoms with E-state index in [1.54, 1.807) is 6.07 Å². The van der Waals surface area contributed by atoms with Crippen LogP contribution in [0.5, 0.6) is 0 Å². The summed E-state index contributed by atoms with van der Waals surface area (Å²) in [6.45, 7) is -0.0309. The molecule has 1 heterocycles. The van der Waals surface area contributed by atoms with Gasteiger partial charge in [-0.3, -0.25) is 4.79 Å². The van der Waals surface area contributed by atoms with Crippen LogP contribution in [0.25, 0.3) is 0 Å². The number of nitrogens with one attached hydrogen (secondary N) is 2. The monoisotopic (exact) mass is 268 g/mol. The van der Waals surface area contributed by atoms with Crippen LogP contribution in [0.15, 0.2) is 48.5 Å². The third-order valence-corrected chi connectivity index (χ3v) is 3.46. The molecule has 3 N–H and O–H groups in total. The molecular formula is C16H16N2O2. The lowest BCUT2D eigenvalue weighted by atomic mass is 10.1. The minimum Gasteiger partial charge on any atom is -0.392 e. The molecular weight excluding hydrogens is 252 g/mol. The van der Waals surface area contributed by atoms with E-state index in [1.807, 2.05) is 42.5 Å². The molecule has 0 spiro atoms. The Hall–Kier alpha value is -2.33. The van der Waals surface area contributed by atoms with Gasteiger partial charge in [0.2, 0.25) is 5.91 Å². The lowest BCUT2D eigenvalue weighted by Gasteiger charge is -2.12. The van der Waals surface area contributed by atoms with Crippen molar-refractivity contribution < 1.29 is 9.90 Å². The maximum absolute atomic E-state index is 12.2. The summed E-state index contributed by atoms with van der Waals surface area (Å²) in [6, 6.07) is 14.9. The van der Waals surface area contributed by atoms with Crippen LogP contribution in [-0.2, 0) is 17.8 Å². The number of rotatable bonds is 3. The number of amides is 1. The number of carbonyl (C=O) groups excluding carboxylic acids is 1. The number of benzene rings is 2. The number of fused-ring (bicyclic) bond motifs is 1. The first-order chi connectivity index (χ1) is 9.76. The van der Waals surface area contributed by atoms with Gasteiger partial charge >= 0.3 is 0 Å². The Bertz CT molecular complexity index is 615. The molecule has 20 heavy (non-hydrogen) atoms. The van der Waals surface area contributed by atoms with Crippen molar-refractivity contribution in [1.82, 2.24) is 0 Å². The molecule has 0 aliphatic carbocycles. The van der Waals surface area contributed by atoms with Gasteiger partial charge in [0.15, 0.2) is 0 Å². The first-order valence-electron chi connectivity index (χ1n) is 6.61. The van der Waals surface area contributed by atoms with E-state index in [-0.39, 0.29) is 18.6 Å². The average Bonchev–Trinajstić information content (AvgIpc) is 2.91. The van der Waals surface area contributed by atoms with E-state index < -0.39 is 0 Å². The average molecular weight is 268 g/mol. The molecule has 4 nitrogen and oxygen atoms in total. The van der Waals surface area contributed by atoms with E-state index in [0.29, 0.717) is 12.1 Å². The van der Waals surface area contributed by atoms with Crippen LogP contribution in [0, 0.1) is 0 Å². The molecule has 0 radical (unpaired) electrons. The molecule has 0 bridgehead atoms. The molecule has 0 saturated carbocycles. The summed E-state index contributed by atoms with van der Waals surface area (Å²) in [5, 5.41) is 15.2. The first-order valence-corrected chi connectivity index (χ1v) is 6.61. The number of aliphatic hydroxyl groups excluding tert-OH is 1. The summed E-state index contributed by atoms with van der Waals surface area (Å²) in [5.41, 5.74) is 3.68. The molecule has 0 aromatic heterocycles. The zero-order valence-corrected chi connectivity index (χ0v) is 11.0. The van der Waals surface area contributed by atoms with Gasteiger partial charge in [-0.15, -0.1) is 0 Å². The van der Waals surface area contributed by atoms with Crippen molar-refractivity contribution in [3.63, 3.8) is 0 Å². The second-order valence-corrected chi connectivity index (χ2v) is 4.91. The second-order valence-electron chi connectivity index (χ2n) is 4.91. The van der Waals surface area contributed by atoms with Crippen molar-refractivity contribution in [3.05, 3.63) is 59.7 Å². The molecule has 1 aliphatic rings. The van der Waals surface area contributed by atoms with Crippen LogP contribution in [0.1, 0.15) is 11.1 Å². The van der Waals surface area contributed by atoms with Gasteiger partial charge in [-0.25, -0.2) is 0 Å². The van der Waals surface area contributed by atoms with Crippen molar-refractivity contribution in [3.8, 4) is 0 Å². The summed E-state index contributed by atoms with van der Waals surface area (Å²) < 4.78 is 0. The number of para-hydroxylation sites is 1. The smallest absolute Gasteiger partial charge is 0.247 e. The standard InChI is InChI=1S/C16H16N2O2/c19-10-11-4-3-6-13(8-11)17-16(20)15-9-12-5-1-2-7-14(12)18-15/h1-8,15,18-19H,9-10H2,(H,17,20)/t15-/m0/s1. The van der Waals surface area contributed by atoms with Crippen LogP contribution in [0.2, 0.25) is 0 Å². The molecule has 1 atom stereocenters. The molecule has 1 aliphatic heterocycles. The van der Waals surface area contributed by atoms with Gasteiger partial charge in [-0.2, -0.15) is 0 Å². The third kappa shape index (κ3) is 2.51. The quantitative estimate of drug-likeness (QED) is 0.799. The topological polar surface area (TPSA) is 61.4 Å². The highest BCUT2D eigenvalue weighted by Gasteiger charge is 2.26. The number of aliphatic hydroxyl groups is 1. The molecule has 2 aromatic carbocycles. The number of carbonyl (C=O) groups is 1. The van der Waals surface area contributed by atoms with E-state index in [2.05, 4.69) is 10.6 Å². The summed E-state index contributed by atoms with van der Waals surface area (Å²) >= 11 is 0. The Balaban J connectivity index is 1.69. The van der Waals surface area contributed by atoms with E-state index in [0.717, 1.165) is 16.8 Å². The normalized spacial score (nSPS) is 16.4. The fourth-order valence-electron chi connectivity index (χ4n) is 2.43. The van der Waals surface area contributed by atoms with Crippen molar-refractivity contribution in [2.45, 2.75) is 19.1 Å². The van der Waals surface area contributed by atoms with Crippen molar-refractivity contribution in [2.24, 2.45) is 0 Å². The third-order valence-electron chi connectivity index (χ3n) is 3.46. The minimum atomic E-state index is -0.245.